The van der Waals surface area contributed by atoms with E-state index in [1.165, 1.54) is 6.42 Å². The third-order valence-electron chi connectivity index (χ3n) is 10.4. The van der Waals surface area contributed by atoms with Crippen LogP contribution in [0.2, 0.25) is 5.02 Å². The molecular formula is C31H40ClN5O3. The number of halogens is 1. The molecule has 3 fully saturated rings. The largest absolute Gasteiger partial charge is 0.487 e. The topological polar surface area (TPSA) is 80.6 Å². The Balaban J connectivity index is 1.22. The van der Waals surface area contributed by atoms with Crippen molar-refractivity contribution in [2.45, 2.75) is 96.7 Å². The Morgan fingerprint density at radius 1 is 1.12 bits per heavy atom. The molecule has 3 aliphatic heterocycles. The molecule has 1 saturated heterocycles. The zero-order valence-corrected chi connectivity index (χ0v) is 24.3. The molecule has 2 saturated carbocycles. The minimum Gasteiger partial charge on any atom is -0.487 e. The summed E-state index contributed by atoms with van der Waals surface area (Å²) in [6.07, 6.45) is 11.2. The van der Waals surface area contributed by atoms with E-state index in [-0.39, 0.29) is 29.2 Å². The van der Waals surface area contributed by atoms with Gasteiger partial charge in [-0.2, -0.15) is 0 Å². The lowest BCUT2D eigenvalue weighted by atomic mass is 9.78. The van der Waals surface area contributed by atoms with Gasteiger partial charge in [0.15, 0.2) is 0 Å². The van der Waals surface area contributed by atoms with E-state index in [1.807, 2.05) is 21.7 Å². The lowest BCUT2D eigenvalue weighted by Crippen LogP contribution is -2.49. The van der Waals surface area contributed by atoms with Crippen molar-refractivity contribution in [2.24, 2.45) is 17.3 Å². The number of carbonyl (C=O) groups is 2. The number of hydrogen-bond donors (Lipinski definition) is 0. The molecule has 0 N–H and O–H groups in total. The number of ether oxygens (including phenoxy) is 1. The summed E-state index contributed by atoms with van der Waals surface area (Å²) in [5.41, 5.74) is 4.22. The van der Waals surface area contributed by atoms with Crippen LogP contribution in [-0.2, 0) is 35.6 Å². The molecule has 8 nitrogen and oxygen atoms in total. The first-order chi connectivity index (χ1) is 19.4. The molecule has 3 atom stereocenters. The lowest BCUT2D eigenvalue weighted by Gasteiger charge is -2.43. The molecule has 214 valence electrons. The fourth-order valence-electron chi connectivity index (χ4n) is 7.76. The summed E-state index contributed by atoms with van der Waals surface area (Å²) >= 11 is 6.81. The third-order valence-corrected chi connectivity index (χ3v) is 10.7. The van der Waals surface area contributed by atoms with Gasteiger partial charge in [0.25, 0.3) is 0 Å². The molecule has 5 aliphatic rings. The Labute approximate surface area is 241 Å². The average Bonchev–Trinajstić information content (AvgIpc) is 3.46. The van der Waals surface area contributed by atoms with Gasteiger partial charge in [-0.05, 0) is 80.4 Å². The predicted octanol–water partition coefficient (Wildman–Crippen LogP) is 5.11. The van der Waals surface area contributed by atoms with Gasteiger partial charge in [-0.1, -0.05) is 36.6 Å². The molecule has 0 unspecified atom stereocenters. The van der Waals surface area contributed by atoms with Crippen LogP contribution in [0, 0.1) is 17.3 Å². The highest BCUT2D eigenvalue weighted by molar-refractivity contribution is 6.31. The van der Waals surface area contributed by atoms with Crippen LogP contribution in [0.5, 0.6) is 5.75 Å². The SMILES string of the molecule is C[C@H]1CCCC[C@H]1C(=O)N1CCc2c(Cl)ccc(OCc3nnn4c3CCCC4)c2[C@H]1CN1CC2(CC2)CC1=O. The molecule has 0 bridgehead atoms. The van der Waals surface area contributed by atoms with Crippen molar-refractivity contribution in [3.8, 4) is 5.75 Å². The van der Waals surface area contributed by atoms with Gasteiger partial charge in [0.2, 0.25) is 11.8 Å². The standard InChI is InChI=1S/C31H40ClN5O3/c1-20-6-2-3-7-21(20)30(39)36-15-11-22-23(32)9-10-27(40-18-24-25-8-4-5-14-37(25)34-33-24)29(22)26(36)17-35-19-31(12-13-31)16-28(35)38/h9-10,20-21,26H,2-8,11-19H2,1H3/t20-,21+,26+/m0/s1. The van der Waals surface area contributed by atoms with Crippen LogP contribution in [0.25, 0.3) is 0 Å². The number of amides is 2. The molecule has 4 heterocycles. The molecule has 2 aliphatic carbocycles. The van der Waals surface area contributed by atoms with Crippen LogP contribution >= 0.6 is 11.6 Å². The molecule has 2 amide bonds. The summed E-state index contributed by atoms with van der Waals surface area (Å²) in [7, 11) is 0. The van der Waals surface area contributed by atoms with E-state index in [9.17, 15) is 9.59 Å². The molecule has 40 heavy (non-hydrogen) atoms. The van der Waals surface area contributed by atoms with Crippen LogP contribution in [0.15, 0.2) is 12.1 Å². The number of nitrogens with zero attached hydrogens (tertiary/aromatic N) is 5. The predicted molar refractivity (Wildman–Crippen MR) is 151 cm³/mol. The minimum absolute atomic E-state index is 0.0357. The first-order valence-corrected chi connectivity index (χ1v) is 15.7. The first kappa shape index (κ1) is 26.3. The van der Waals surface area contributed by atoms with Crippen molar-refractivity contribution in [3.05, 3.63) is 39.7 Å². The maximum absolute atomic E-state index is 14.2. The van der Waals surface area contributed by atoms with Gasteiger partial charge in [-0.3, -0.25) is 9.59 Å². The van der Waals surface area contributed by atoms with Crippen LogP contribution < -0.4 is 4.74 Å². The fourth-order valence-corrected chi connectivity index (χ4v) is 8.02. The third kappa shape index (κ3) is 4.70. The monoisotopic (exact) mass is 565 g/mol. The summed E-state index contributed by atoms with van der Waals surface area (Å²) in [4.78, 5) is 31.5. The zero-order valence-electron chi connectivity index (χ0n) is 23.5. The van der Waals surface area contributed by atoms with E-state index in [0.29, 0.717) is 43.5 Å². The van der Waals surface area contributed by atoms with Crippen molar-refractivity contribution < 1.29 is 14.3 Å². The van der Waals surface area contributed by atoms with Crippen molar-refractivity contribution in [2.75, 3.05) is 19.6 Å². The molecule has 9 heteroatoms. The number of rotatable bonds is 6. The second-order valence-electron chi connectivity index (χ2n) is 13.0. The summed E-state index contributed by atoms with van der Waals surface area (Å²) in [6, 6.07) is 3.58. The van der Waals surface area contributed by atoms with Gasteiger partial charge in [-0.15, -0.1) is 5.10 Å². The Bertz CT molecular complexity index is 1320. The van der Waals surface area contributed by atoms with E-state index >= 15 is 0 Å². The Hall–Kier alpha value is -2.61. The second-order valence-corrected chi connectivity index (χ2v) is 13.4. The van der Waals surface area contributed by atoms with Crippen LogP contribution in [0.4, 0.5) is 0 Å². The van der Waals surface area contributed by atoms with Crippen molar-refractivity contribution in [3.63, 3.8) is 0 Å². The Morgan fingerprint density at radius 2 is 1.98 bits per heavy atom. The van der Waals surface area contributed by atoms with E-state index in [2.05, 4.69) is 22.1 Å². The zero-order chi connectivity index (χ0) is 27.4. The molecule has 2 aromatic rings. The summed E-state index contributed by atoms with van der Waals surface area (Å²) < 4.78 is 8.52. The number of likely N-dealkylation sites (tertiary alicyclic amines) is 1. The van der Waals surface area contributed by atoms with Gasteiger partial charge in [0.05, 0.1) is 11.7 Å². The number of benzene rings is 1. The fraction of sp³-hybridized carbons (Fsp3) is 0.677. The van der Waals surface area contributed by atoms with E-state index in [0.717, 1.165) is 92.7 Å². The van der Waals surface area contributed by atoms with Crippen molar-refractivity contribution in [1.82, 2.24) is 24.8 Å². The molecule has 0 radical (unpaired) electrons. The van der Waals surface area contributed by atoms with E-state index in [4.69, 9.17) is 16.3 Å². The van der Waals surface area contributed by atoms with Crippen LogP contribution in [-0.4, -0.2) is 56.2 Å². The lowest BCUT2D eigenvalue weighted by molar-refractivity contribution is -0.143. The van der Waals surface area contributed by atoms with E-state index in [1.54, 1.807) is 0 Å². The first-order valence-electron chi connectivity index (χ1n) is 15.4. The number of fused-ring (bicyclic) bond motifs is 2. The highest BCUT2D eigenvalue weighted by Crippen LogP contribution is 2.54. The van der Waals surface area contributed by atoms with Crippen LogP contribution in [0.1, 0.15) is 93.3 Å². The molecule has 1 aromatic heterocycles. The maximum atomic E-state index is 14.2. The van der Waals surface area contributed by atoms with Crippen molar-refractivity contribution >= 4 is 23.4 Å². The molecular weight excluding hydrogens is 526 g/mol. The number of hydrogen-bond acceptors (Lipinski definition) is 5. The number of aromatic nitrogens is 3. The summed E-state index contributed by atoms with van der Waals surface area (Å²) in [5, 5.41) is 9.49. The summed E-state index contributed by atoms with van der Waals surface area (Å²) in [5.74, 6) is 1.59. The number of carbonyl (C=O) groups excluding carboxylic acids is 2. The second kappa shape index (κ2) is 10.3. The van der Waals surface area contributed by atoms with Gasteiger partial charge >= 0.3 is 0 Å². The smallest absolute Gasteiger partial charge is 0.226 e. The van der Waals surface area contributed by atoms with Gasteiger partial charge in [0.1, 0.15) is 18.1 Å². The molecule has 1 aromatic carbocycles. The van der Waals surface area contributed by atoms with Crippen molar-refractivity contribution in [1.29, 1.82) is 0 Å². The van der Waals surface area contributed by atoms with Gasteiger partial charge in [0, 0.05) is 49.1 Å². The van der Waals surface area contributed by atoms with E-state index < -0.39 is 0 Å². The van der Waals surface area contributed by atoms with Gasteiger partial charge in [-0.25, -0.2) is 4.68 Å². The molecule has 7 rings (SSSR count). The maximum Gasteiger partial charge on any atom is 0.226 e. The minimum atomic E-state index is -0.272. The normalized spacial score (nSPS) is 27.1. The van der Waals surface area contributed by atoms with Gasteiger partial charge < -0.3 is 14.5 Å². The Morgan fingerprint density at radius 3 is 2.77 bits per heavy atom. The average molecular weight is 566 g/mol. The summed E-state index contributed by atoms with van der Waals surface area (Å²) in [6.45, 7) is 5.37. The molecule has 1 spiro atoms. The highest BCUT2D eigenvalue weighted by atomic mass is 35.5. The number of aryl methyl sites for hydroxylation is 1. The van der Waals surface area contributed by atoms with Crippen LogP contribution in [0.3, 0.4) is 0 Å². The highest BCUT2D eigenvalue weighted by Gasteiger charge is 2.52. The Kier molecular flexibility index (Phi) is 6.80. The quantitative estimate of drug-likeness (QED) is 0.486.